The van der Waals surface area contributed by atoms with Gasteiger partial charge in [0.2, 0.25) is 0 Å². The average Bonchev–Trinajstić information content (AvgIpc) is 2.96. The van der Waals surface area contributed by atoms with Crippen molar-refractivity contribution < 1.29 is 19.4 Å². The van der Waals surface area contributed by atoms with E-state index >= 15 is 0 Å². The molecule has 1 amide bonds. The van der Waals surface area contributed by atoms with E-state index in [1.165, 1.54) is 12.0 Å². The third kappa shape index (κ3) is 4.53. The van der Waals surface area contributed by atoms with Crippen LogP contribution in [-0.4, -0.2) is 42.0 Å². The fourth-order valence-corrected chi connectivity index (χ4v) is 3.91. The highest BCUT2D eigenvalue weighted by atomic mass is 35.5. The van der Waals surface area contributed by atoms with Crippen molar-refractivity contribution in [1.29, 1.82) is 0 Å². The van der Waals surface area contributed by atoms with Gasteiger partial charge in [-0.15, -0.1) is 0 Å². The van der Waals surface area contributed by atoms with Crippen LogP contribution in [0.3, 0.4) is 0 Å². The third-order valence-electron chi connectivity index (χ3n) is 5.62. The van der Waals surface area contributed by atoms with Crippen molar-refractivity contribution in [2.75, 3.05) is 20.3 Å². The number of likely N-dealkylation sites (tertiary alicyclic amines) is 1. The summed E-state index contributed by atoms with van der Waals surface area (Å²) >= 11 is 6.04. The Morgan fingerprint density at radius 1 is 1.13 bits per heavy atom. The molecule has 0 radical (unpaired) electrons. The minimum Gasteiger partial charge on any atom is -0.507 e. The maximum absolute atomic E-state index is 13.1. The first-order chi connectivity index (χ1) is 14.6. The van der Waals surface area contributed by atoms with Gasteiger partial charge in [0.25, 0.3) is 11.7 Å². The van der Waals surface area contributed by atoms with Crippen LogP contribution in [0.4, 0.5) is 0 Å². The molecule has 1 aliphatic heterocycles. The molecule has 0 aliphatic carbocycles. The van der Waals surface area contributed by atoms with Gasteiger partial charge in [0.1, 0.15) is 5.76 Å². The van der Waals surface area contributed by atoms with Gasteiger partial charge in [-0.3, -0.25) is 9.59 Å². The number of hydrogen-bond acceptors (Lipinski definition) is 4. The number of ether oxygens (including phenoxy) is 1. The van der Waals surface area contributed by atoms with E-state index in [1.54, 1.807) is 24.3 Å². The van der Waals surface area contributed by atoms with Crippen LogP contribution < -0.4 is 0 Å². The Bertz CT molecular complexity index is 1030. The van der Waals surface area contributed by atoms with Gasteiger partial charge >= 0.3 is 0 Å². The van der Waals surface area contributed by atoms with Crippen LogP contribution in [0.1, 0.15) is 49.1 Å². The zero-order valence-corrected chi connectivity index (χ0v) is 19.3. The monoisotopic (exact) mass is 441 g/mol. The molecule has 6 heteroatoms. The van der Waals surface area contributed by atoms with E-state index in [2.05, 4.69) is 20.8 Å². The van der Waals surface area contributed by atoms with Crippen LogP contribution in [0.25, 0.3) is 5.76 Å². The van der Waals surface area contributed by atoms with Gasteiger partial charge in [-0.05, 0) is 47.2 Å². The summed E-state index contributed by atoms with van der Waals surface area (Å²) in [7, 11) is 1.54. The number of halogens is 1. The fourth-order valence-electron chi connectivity index (χ4n) is 3.78. The van der Waals surface area contributed by atoms with Crippen LogP contribution in [0.5, 0.6) is 0 Å². The number of ketones is 1. The highest BCUT2D eigenvalue weighted by molar-refractivity contribution is 6.46. The maximum atomic E-state index is 13.1. The average molecular weight is 442 g/mol. The lowest BCUT2D eigenvalue weighted by Gasteiger charge is -2.25. The van der Waals surface area contributed by atoms with Gasteiger partial charge < -0.3 is 14.7 Å². The Morgan fingerprint density at radius 3 is 2.35 bits per heavy atom. The predicted octanol–water partition coefficient (Wildman–Crippen LogP) is 5.01. The number of nitrogens with zero attached hydrogens (tertiary/aromatic N) is 1. The van der Waals surface area contributed by atoms with Crippen molar-refractivity contribution in [3.63, 3.8) is 0 Å². The number of rotatable bonds is 5. The normalized spacial score (nSPS) is 18.6. The van der Waals surface area contributed by atoms with Gasteiger partial charge in [0.05, 0.1) is 18.2 Å². The zero-order valence-electron chi connectivity index (χ0n) is 18.5. The molecule has 164 valence electrons. The summed E-state index contributed by atoms with van der Waals surface area (Å²) in [6, 6.07) is 12.1. The van der Waals surface area contributed by atoms with Crippen LogP contribution in [0.2, 0.25) is 5.02 Å². The molecule has 31 heavy (non-hydrogen) atoms. The summed E-state index contributed by atoms with van der Waals surface area (Å²) in [5.41, 5.74) is 3.04. The van der Waals surface area contributed by atoms with E-state index in [0.717, 1.165) is 11.1 Å². The van der Waals surface area contributed by atoms with E-state index in [9.17, 15) is 14.7 Å². The molecular formula is C25H28ClNO4. The molecule has 1 fully saturated rings. The number of benzene rings is 2. The first-order valence-electron chi connectivity index (χ1n) is 10.2. The van der Waals surface area contributed by atoms with Crippen molar-refractivity contribution in [2.24, 2.45) is 0 Å². The van der Waals surface area contributed by atoms with Crippen molar-refractivity contribution in [1.82, 2.24) is 4.90 Å². The molecule has 2 aromatic carbocycles. The fraction of sp³-hybridized carbons (Fsp3) is 0.360. The van der Waals surface area contributed by atoms with E-state index < -0.39 is 17.7 Å². The minimum atomic E-state index is -0.717. The Balaban J connectivity index is 2.22. The number of carbonyl (C=O) groups is 2. The van der Waals surface area contributed by atoms with Crippen LogP contribution in [0, 0.1) is 6.92 Å². The van der Waals surface area contributed by atoms with Gasteiger partial charge in [0, 0.05) is 24.2 Å². The molecule has 1 saturated heterocycles. The molecule has 1 aliphatic rings. The number of hydrogen-bond donors (Lipinski definition) is 1. The van der Waals surface area contributed by atoms with E-state index in [1.807, 2.05) is 25.1 Å². The molecule has 2 aromatic rings. The molecule has 1 atom stereocenters. The second-order valence-electron chi connectivity index (χ2n) is 8.82. The summed E-state index contributed by atoms with van der Waals surface area (Å²) < 4.78 is 5.14. The lowest BCUT2D eigenvalue weighted by atomic mass is 9.84. The van der Waals surface area contributed by atoms with Crippen LogP contribution in [-0.2, 0) is 19.7 Å². The summed E-state index contributed by atoms with van der Waals surface area (Å²) in [6.07, 6.45) is 0. The quantitative estimate of drug-likeness (QED) is 0.402. The van der Waals surface area contributed by atoms with Crippen molar-refractivity contribution in [2.45, 2.75) is 39.2 Å². The third-order valence-corrected chi connectivity index (χ3v) is 5.87. The van der Waals surface area contributed by atoms with Gasteiger partial charge in [-0.2, -0.15) is 0 Å². The maximum Gasteiger partial charge on any atom is 0.295 e. The number of aliphatic hydroxyl groups is 1. The summed E-state index contributed by atoms with van der Waals surface area (Å²) in [4.78, 5) is 27.4. The number of aliphatic hydroxyl groups excluding tert-OH is 1. The standard InChI is InChI=1S/C25H28ClNO4/c1-15-6-9-17(25(2,3)4)14-19(15)22(28)20-21(16-7-10-18(26)11-8-16)27(12-13-31-5)24(30)23(20)29/h6-11,14,21,28H,12-13H2,1-5H3/b22-20+. The Morgan fingerprint density at radius 2 is 1.77 bits per heavy atom. The number of amides is 1. The number of methoxy groups -OCH3 is 1. The molecule has 1 heterocycles. The first-order valence-corrected chi connectivity index (χ1v) is 10.6. The summed E-state index contributed by atoms with van der Waals surface area (Å²) in [6.45, 7) is 8.62. The molecular weight excluding hydrogens is 414 g/mol. The number of aryl methyl sites for hydroxylation is 1. The lowest BCUT2D eigenvalue weighted by molar-refractivity contribution is -0.140. The zero-order chi connectivity index (χ0) is 22.9. The molecule has 1 unspecified atom stereocenters. The minimum absolute atomic E-state index is 0.0811. The lowest BCUT2D eigenvalue weighted by Crippen LogP contribution is -2.32. The number of carbonyl (C=O) groups excluding carboxylic acids is 2. The molecule has 3 rings (SSSR count). The second kappa shape index (κ2) is 8.85. The van der Waals surface area contributed by atoms with E-state index in [4.69, 9.17) is 16.3 Å². The Kier molecular flexibility index (Phi) is 6.58. The molecule has 5 nitrogen and oxygen atoms in total. The van der Waals surface area contributed by atoms with Crippen LogP contribution >= 0.6 is 11.6 Å². The van der Waals surface area contributed by atoms with Crippen LogP contribution in [0.15, 0.2) is 48.0 Å². The highest BCUT2D eigenvalue weighted by Gasteiger charge is 2.46. The predicted molar refractivity (Wildman–Crippen MR) is 122 cm³/mol. The first kappa shape index (κ1) is 23.0. The van der Waals surface area contributed by atoms with Gasteiger partial charge in [-0.1, -0.05) is 56.6 Å². The SMILES string of the molecule is COCCN1C(=O)C(=O)/C(=C(/O)c2cc(C(C)(C)C)ccc2C)C1c1ccc(Cl)cc1. The second-order valence-corrected chi connectivity index (χ2v) is 9.25. The van der Waals surface area contributed by atoms with Crippen molar-refractivity contribution >= 4 is 29.1 Å². The molecule has 1 N–H and O–H groups in total. The highest BCUT2D eigenvalue weighted by Crippen LogP contribution is 2.40. The molecule has 0 aromatic heterocycles. The molecule has 0 saturated carbocycles. The summed E-state index contributed by atoms with van der Waals surface area (Å²) in [5, 5.41) is 11.9. The Hall–Kier alpha value is -2.63. The van der Waals surface area contributed by atoms with Crippen molar-refractivity contribution in [3.8, 4) is 0 Å². The smallest absolute Gasteiger partial charge is 0.295 e. The number of Topliss-reactive ketones (excluding diaryl/α,β-unsaturated/α-hetero) is 1. The topological polar surface area (TPSA) is 66.8 Å². The van der Waals surface area contributed by atoms with E-state index in [0.29, 0.717) is 16.1 Å². The van der Waals surface area contributed by atoms with E-state index in [-0.39, 0.29) is 29.9 Å². The summed E-state index contributed by atoms with van der Waals surface area (Å²) in [5.74, 6) is -1.51. The largest absolute Gasteiger partial charge is 0.507 e. The van der Waals surface area contributed by atoms with Gasteiger partial charge in [0.15, 0.2) is 0 Å². The van der Waals surface area contributed by atoms with Gasteiger partial charge in [-0.25, -0.2) is 0 Å². The van der Waals surface area contributed by atoms with Crippen molar-refractivity contribution in [3.05, 3.63) is 75.3 Å². The molecule has 0 bridgehead atoms. The molecule has 0 spiro atoms. The Labute approximate surface area is 188 Å².